The molecule has 0 spiro atoms. The molecule has 0 heterocycles. The molecule has 0 aliphatic carbocycles. The minimum Gasteiger partial charge on any atom is -0.350 e. The summed E-state index contributed by atoms with van der Waals surface area (Å²) in [5, 5.41) is 5.19. The quantitative estimate of drug-likeness (QED) is 0.216. The summed E-state index contributed by atoms with van der Waals surface area (Å²) in [5.41, 5.74) is 1.28. The van der Waals surface area contributed by atoms with Crippen LogP contribution in [0.2, 0.25) is 10.0 Å². The van der Waals surface area contributed by atoms with Crippen LogP contribution in [0.1, 0.15) is 31.9 Å². The number of hydrogen-bond acceptors (Lipinski definition) is 4. The molecule has 43 heavy (non-hydrogen) atoms. The molecule has 0 aliphatic heterocycles. The Morgan fingerprint density at radius 3 is 2.14 bits per heavy atom. The van der Waals surface area contributed by atoms with E-state index in [1.54, 1.807) is 30.3 Å². The summed E-state index contributed by atoms with van der Waals surface area (Å²) >= 11 is 12.5. The zero-order valence-corrected chi connectivity index (χ0v) is 26.9. The Hall–Kier alpha value is -3.59. The largest absolute Gasteiger partial charge is 0.350 e. The Morgan fingerprint density at radius 1 is 0.837 bits per heavy atom. The SMILES string of the molecule is CC(C)(C)NC(=O)C(Cc1ccccc1)N(Cc1ccc(Cl)c(Cl)c1)C(=O)CN(c1cccc2ccccc12)S(C)(=O)=O. The first kappa shape index (κ1) is 32.3. The fraction of sp³-hybridized carbons (Fsp3) is 0.273. The molecule has 0 saturated heterocycles. The second kappa shape index (κ2) is 13.4. The fourth-order valence-electron chi connectivity index (χ4n) is 4.86. The molecule has 0 radical (unpaired) electrons. The number of anilines is 1. The van der Waals surface area contributed by atoms with Crippen LogP contribution < -0.4 is 9.62 Å². The summed E-state index contributed by atoms with van der Waals surface area (Å²) in [4.78, 5) is 29.6. The van der Waals surface area contributed by atoms with Gasteiger partial charge in [0.1, 0.15) is 12.6 Å². The molecule has 0 bridgehead atoms. The van der Waals surface area contributed by atoms with Gasteiger partial charge in [0.15, 0.2) is 0 Å². The molecular formula is C33H35Cl2N3O4S. The van der Waals surface area contributed by atoms with Gasteiger partial charge < -0.3 is 10.2 Å². The highest BCUT2D eigenvalue weighted by Gasteiger charge is 2.34. The Bertz CT molecular complexity index is 1720. The highest BCUT2D eigenvalue weighted by Crippen LogP contribution is 2.29. The Labute approximate surface area is 263 Å². The number of fused-ring (bicyclic) bond motifs is 1. The first-order valence-corrected chi connectivity index (χ1v) is 16.4. The minimum atomic E-state index is -3.91. The van der Waals surface area contributed by atoms with Crippen molar-refractivity contribution in [3.63, 3.8) is 0 Å². The first-order valence-electron chi connectivity index (χ1n) is 13.8. The third kappa shape index (κ3) is 8.50. The van der Waals surface area contributed by atoms with Gasteiger partial charge in [0.2, 0.25) is 21.8 Å². The lowest BCUT2D eigenvalue weighted by atomic mass is 10.0. The summed E-state index contributed by atoms with van der Waals surface area (Å²) in [6.45, 7) is 5.07. The van der Waals surface area contributed by atoms with Gasteiger partial charge in [-0.1, -0.05) is 96.0 Å². The highest BCUT2D eigenvalue weighted by atomic mass is 35.5. The van der Waals surface area contributed by atoms with Crippen molar-refractivity contribution in [2.75, 3.05) is 17.1 Å². The molecule has 7 nitrogen and oxygen atoms in total. The number of carbonyl (C=O) groups excluding carboxylic acids is 2. The van der Waals surface area contributed by atoms with Crippen molar-refractivity contribution in [1.82, 2.24) is 10.2 Å². The molecule has 4 rings (SSSR count). The van der Waals surface area contributed by atoms with E-state index in [9.17, 15) is 18.0 Å². The topological polar surface area (TPSA) is 86.8 Å². The number of nitrogens with one attached hydrogen (secondary N) is 1. The van der Waals surface area contributed by atoms with Gasteiger partial charge in [-0.3, -0.25) is 13.9 Å². The number of carbonyl (C=O) groups is 2. The van der Waals surface area contributed by atoms with Crippen molar-refractivity contribution in [3.05, 3.63) is 112 Å². The minimum absolute atomic E-state index is 0.00206. The Morgan fingerprint density at radius 2 is 1.49 bits per heavy atom. The van der Waals surface area contributed by atoms with E-state index < -0.39 is 34.1 Å². The van der Waals surface area contributed by atoms with E-state index in [1.165, 1.54) is 4.90 Å². The van der Waals surface area contributed by atoms with Crippen molar-refractivity contribution in [2.45, 2.75) is 45.3 Å². The van der Waals surface area contributed by atoms with Crippen LogP contribution in [-0.2, 0) is 32.6 Å². The van der Waals surface area contributed by atoms with Crippen LogP contribution in [0, 0.1) is 0 Å². The van der Waals surface area contributed by atoms with Gasteiger partial charge in [-0.05, 0) is 55.5 Å². The molecule has 0 saturated carbocycles. The van der Waals surface area contributed by atoms with Crippen molar-refractivity contribution < 1.29 is 18.0 Å². The second-order valence-electron chi connectivity index (χ2n) is 11.5. The summed E-state index contributed by atoms with van der Waals surface area (Å²) in [5.74, 6) is -0.907. The first-order chi connectivity index (χ1) is 20.2. The van der Waals surface area contributed by atoms with Crippen LogP contribution in [0.3, 0.4) is 0 Å². The molecule has 1 unspecified atom stereocenters. The number of benzene rings is 4. The van der Waals surface area contributed by atoms with E-state index >= 15 is 0 Å². The second-order valence-corrected chi connectivity index (χ2v) is 14.2. The van der Waals surface area contributed by atoms with Crippen LogP contribution in [-0.4, -0.2) is 49.5 Å². The van der Waals surface area contributed by atoms with Gasteiger partial charge in [-0.25, -0.2) is 8.42 Å². The van der Waals surface area contributed by atoms with Crippen LogP contribution in [0.25, 0.3) is 10.8 Å². The van der Waals surface area contributed by atoms with E-state index in [2.05, 4.69) is 5.32 Å². The number of rotatable bonds is 10. The molecule has 4 aromatic carbocycles. The van der Waals surface area contributed by atoms with Gasteiger partial charge >= 0.3 is 0 Å². The molecule has 0 fully saturated rings. The molecule has 0 aliphatic rings. The molecular weight excluding hydrogens is 605 g/mol. The predicted octanol–water partition coefficient (Wildman–Crippen LogP) is 6.47. The maximum absolute atomic E-state index is 14.3. The summed E-state index contributed by atoms with van der Waals surface area (Å²) in [6.07, 6.45) is 1.28. The number of amides is 2. The number of halogens is 2. The van der Waals surface area contributed by atoms with Crippen LogP contribution in [0.5, 0.6) is 0 Å². The van der Waals surface area contributed by atoms with E-state index in [0.717, 1.165) is 21.5 Å². The monoisotopic (exact) mass is 639 g/mol. The number of nitrogens with zero attached hydrogens (tertiary/aromatic N) is 2. The zero-order valence-electron chi connectivity index (χ0n) is 24.6. The van der Waals surface area contributed by atoms with Crippen molar-refractivity contribution in [3.8, 4) is 0 Å². The molecule has 4 aromatic rings. The Balaban J connectivity index is 1.81. The normalized spacial score (nSPS) is 12.5. The van der Waals surface area contributed by atoms with Crippen molar-refractivity contribution in [1.29, 1.82) is 0 Å². The van der Waals surface area contributed by atoms with Gasteiger partial charge in [0.05, 0.1) is 22.0 Å². The standard InChI is InChI=1S/C33H35Cl2N3O4S/c1-33(2,3)36-32(40)30(20-23-11-6-5-7-12-23)37(21-24-17-18-27(34)28(35)19-24)31(39)22-38(43(4,41)42)29-16-10-14-25-13-8-9-15-26(25)29/h5-19,30H,20-22H2,1-4H3,(H,36,40). The Kier molecular flexibility index (Phi) is 10.1. The lowest BCUT2D eigenvalue weighted by molar-refractivity contribution is -0.140. The molecule has 1 N–H and O–H groups in total. The zero-order chi connectivity index (χ0) is 31.4. The number of hydrogen-bond donors (Lipinski definition) is 1. The highest BCUT2D eigenvalue weighted by molar-refractivity contribution is 7.92. The van der Waals surface area contributed by atoms with Gasteiger partial charge in [-0.15, -0.1) is 0 Å². The van der Waals surface area contributed by atoms with E-state index in [-0.39, 0.29) is 18.9 Å². The third-order valence-electron chi connectivity index (χ3n) is 6.82. The molecule has 226 valence electrons. The smallest absolute Gasteiger partial charge is 0.244 e. The maximum Gasteiger partial charge on any atom is 0.244 e. The average Bonchev–Trinajstić information content (AvgIpc) is 2.94. The van der Waals surface area contributed by atoms with Crippen LogP contribution in [0.15, 0.2) is 91.0 Å². The predicted molar refractivity (Wildman–Crippen MR) is 175 cm³/mol. The molecule has 2 amide bonds. The lowest BCUT2D eigenvalue weighted by Gasteiger charge is -2.35. The van der Waals surface area contributed by atoms with E-state index in [1.807, 2.05) is 81.4 Å². The summed E-state index contributed by atoms with van der Waals surface area (Å²) in [6, 6.07) is 26.1. The van der Waals surface area contributed by atoms with Crippen LogP contribution in [0.4, 0.5) is 5.69 Å². The van der Waals surface area contributed by atoms with Crippen molar-refractivity contribution >= 4 is 61.5 Å². The summed E-state index contributed by atoms with van der Waals surface area (Å²) in [7, 11) is -3.91. The average molecular weight is 641 g/mol. The summed E-state index contributed by atoms with van der Waals surface area (Å²) < 4.78 is 27.5. The maximum atomic E-state index is 14.3. The van der Waals surface area contributed by atoms with Crippen LogP contribution >= 0.6 is 23.2 Å². The van der Waals surface area contributed by atoms with Gasteiger partial charge in [-0.2, -0.15) is 0 Å². The molecule has 1 atom stereocenters. The van der Waals surface area contributed by atoms with Gasteiger partial charge in [0.25, 0.3) is 0 Å². The van der Waals surface area contributed by atoms with E-state index in [0.29, 0.717) is 26.7 Å². The van der Waals surface area contributed by atoms with Crippen molar-refractivity contribution in [2.24, 2.45) is 0 Å². The van der Waals surface area contributed by atoms with E-state index in [4.69, 9.17) is 23.2 Å². The molecule has 0 aromatic heterocycles. The fourth-order valence-corrected chi connectivity index (χ4v) is 6.04. The third-order valence-corrected chi connectivity index (χ3v) is 8.69. The van der Waals surface area contributed by atoms with Gasteiger partial charge in [0, 0.05) is 23.9 Å². The number of sulfonamides is 1. The molecule has 10 heteroatoms. The lowest BCUT2D eigenvalue weighted by Crippen LogP contribution is -2.56.